The zero-order valence-electron chi connectivity index (χ0n) is 12.4. The molecular weight excluding hydrogens is 270 g/mol. The Balaban J connectivity index is 1.64. The molecule has 2 fully saturated rings. The first-order valence-corrected chi connectivity index (χ1v) is 7.68. The van der Waals surface area contributed by atoms with E-state index in [1.54, 1.807) is 0 Å². The molecule has 1 amide bonds. The van der Waals surface area contributed by atoms with Crippen molar-refractivity contribution in [2.75, 3.05) is 19.7 Å². The summed E-state index contributed by atoms with van der Waals surface area (Å²) >= 11 is 0. The number of hydrogen-bond donors (Lipinski definition) is 2. The highest BCUT2D eigenvalue weighted by atomic mass is 16.5. The molecule has 1 aliphatic heterocycles. The molecule has 1 aliphatic carbocycles. The SMILES string of the molecule is Cc1nc(C2CN(C(=O)C3CCCC(N)C3)CCO2)n[nH]1. The number of hydrogen-bond acceptors (Lipinski definition) is 5. The average Bonchev–Trinajstić information content (AvgIpc) is 2.93. The largest absolute Gasteiger partial charge is 0.366 e. The van der Waals surface area contributed by atoms with Crippen LogP contribution in [0.4, 0.5) is 0 Å². The Kier molecular flexibility index (Phi) is 4.21. The van der Waals surface area contributed by atoms with Gasteiger partial charge in [-0.1, -0.05) is 6.42 Å². The number of ether oxygens (including phenoxy) is 1. The summed E-state index contributed by atoms with van der Waals surface area (Å²) in [5.41, 5.74) is 5.99. The maximum Gasteiger partial charge on any atom is 0.225 e. The number of carbonyl (C=O) groups is 1. The first-order chi connectivity index (χ1) is 10.1. The number of amides is 1. The number of carbonyl (C=O) groups excluding carboxylic acids is 1. The lowest BCUT2D eigenvalue weighted by Gasteiger charge is -2.36. The van der Waals surface area contributed by atoms with Gasteiger partial charge in [0, 0.05) is 18.5 Å². The fraction of sp³-hybridized carbons (Fsp3) is 0.786. The lowest BCUT2D eigenvalue weighted by Crippen LogP contribution is -2.47. The standard InChI is InChI=1S/C14H23N5O2/c1-9-16-13(18-17-9)12-8-19(5-6-21-12)14(20)10-3-2-4-11(15)7-10/h10-12H,2-8,15H2,1H3,(H,16,17,18). The Morgan fingerprint density at radius 3 is 3.05 bits per heavy atom. The number of morpholine rings is 1. The number of aromatic amines is 1. The second kappa shape index (κ2) is 6.11. The minimum absolute atomic E-state index is 0.0707. The molecular formula is C14H23N5O2. The fourth-order valence-corrected chi connectivity index (χ4v) is 3.22. The molecule has 1 saturated heterocycles. The molecule has 21 heavy (non-hydrogen) atoms. The molecule has 1 aromatic rings. The Morgan fingerprint density at radius 2 is 2.33 bits per heavy atom. The second-order valence-corrected chi connectivity index (χ2v) is 6.05. The molecule has 7 heteroatoms. The van der Waals surface area contributed by atoms with Crippen molar-refractivity contribution < 1.29 is 9.53 Å². The van der Waals surface area contributed by atoms with Crippen molar-refractivity contribution in [3.8, 4) is 0 Å². The highest BCUT2D eigenvalue weighted by Gasteiger charge is 2.33. The van der Waals surface area contributed by atoms with Crippen LogP contribution in [0.3, 0.4) is 0 Å². The molecule has 1 saturated carbocycles. The van der Waals surface area contributed by atoms with Crippen LogP contribution in [0.1, 0.15) is 43.4 Å². The molecule has 0 radical (unpaired) electrons. The van der Waals surface area contributed by atoms with Crippen molar-refractivity contribution in [2.24, 2.45) is 11.7 Å². The van der Waals surface area contributed by atoms with E-state index in [2.05, 4.69) is 15.2 Å². The van der Waals surface area contributed by atoms with Gasteiger partial charge in [0.1, 0.15) is 11.9 Å². The quantitative estimate of drug-likeness (QED) is 0.829. The van der Waals surface area contributed by atoms with Gasteiger partial charge in [-0.25, -0.2) is 4.98 Å². The minimum atomic E-state index is -0.232. The third-order valence-corrected chi connectivity index (χ3v) is 4.34. The first kappa shape index (κ1) is 14.5. The second-order valence-electron chi connectivity index (χ2n) is 6.05. The van der Waals surface area contributed by atoms with E-state index in [0.29, 0.717) is 25.5 Å². The van der Waals surface area contributed by atoms with Gasteiger partial charge < -0.3 is 15.4 Å². The smallest absolute Gasteiger partial charge is 0.225 e. The zero-order chi connectivity index (χ0) is 14.8. The van der Waals surface area contributed by atoms with Crippen LogP contribution in [0.2, 0.25) is 0 Å². The summed E-state index contributed by atoms with van der Waals surface area (Å²) in [5.74, 6) is 1.67. The third-order valence-electron chi connectivity index (χ3n) is 4.34. The molecule has 0 spiro atoms. The lowest BCUT2D eigenvalue weighted by atomic mass is 9.85. The van der Waals surface area contributed by atoms with Crippen LogP contribution in [-0.2, 0) is 9.53 Å². The maximum absolute atomic E-state index is 12.6. The van der Waals surface area contributed by atoms with Crippen LogP contribution in [-0.4, -0.2) is 51.7 Å². The summed E-state index contributed by atoms with van der Waals surface area (Å²) in [6, 6.07) is 0.167. The number of nitrogens with one attached hydrogen (secondary N) is 1. The van der Waals surface area contributed by atoms with Crippen molar-refractivity contribution >= 4 is 5.91 Å². The van der Waals surface area contributed by atoms with Gasteiger partial charge in [-0.2, -0.15) is 5.10 Å². The Morgan fingerprint density at radius 1 is 1.48 bits per heavy atom. The molecule has 3 rings (SSSR count). The van der Waals surface area contributed by atoms with E-state index < -0.39 is 0 Å². The predicted octanol–water partition coefficient (Wildman–Crippen LogP) is 0.531. The number of nitrogens with two attached hydrogens (primary N) is 1. The number of H-pyrrole nitrogens is 1. The van der Waals surface area contributed by atoms with E-state index in [1.807, 2.05) is 11.8 Å². The van der Waals surface area contributed by atoms with Crippen molar-refractivity contribution in [3.05, 3.63) is 11.6 Å². The monoisotopic (exact) mass is 293 g/mol. The van der Waals surface area contributed by atoms with Gasteiger partial charge in [0.25, 0.3) is 0 Å². The van der Waals surface area contributed by atoms with Crippen LogP contribution >= 0.6 is 0 Å². The van der Waals surface area contributed by atoms with Gasteiger partial charge in [0.05, 0.1) is 13.2 Å². The van der Waals surface area contributed by atoms with Crippen LogP contribution < -0.4 is 5.73 Å². The summed E-state index contributed by atoms with van der Waals surface area (Å²) in [6.07, 6.45) is 3.61. The van der Waals surface area contributed by atoms with Crippen molar-refractivity contribution in [3.63, 3.8) is 0 Å². The van der Waals surface area contributed by atoms with Gasteiger partial charge in [-0.3, -0.25) is 9.89 Å². The van der Waals surface area contributed by atoms with Gasteiger partial charge in [-0.15, -0.1) is 0 Å². The van der Waals surface area contributed by atoms with E-state index >= 15 is 0 Å². The Bertz CT molecular complexity index is 503. The highest BCUT2D eigenvalue weighted by molar-refractivity contribution is 5.79. The van der Waals surface area contributed by atoms with Gasteiger partial charge in [-0.05, 0) is 26.2 Å². The van der Waals surface area contributed by atoms with Gasteiger partial charge in [0.2, 0.25) is 5.91 Å². The molecule has 0 aromatic carbocycles. The molecule has 3 unspecified atom stereocenters. The Labute approximate surface area is 124 Å². The average molecular weight is 293 g/mol. The molecule has 2 aliphatic rings. The Hall–Kier alpha value is -1.47. The number of aryl methyl sites for hydroxylation is 1. The number of rotatable bonds is 2. The van der Waals surface area contributed by atoms with Crippen molar-refractivity contribution in [2.45, 2.75) is 44.8 Å². The van der Waals surface area contributed by atoms with Crippen LogP contribution in [0.15, 0.2) is 0 Å². The van der Waals surface area contributed by atoms with E-state index in [4.69, 9.17) is 10.5 Å². The topological polar surface area (TPSA) is 97.1 Å². The summed E-state index contributed by atoms with van der Waals surface area (Å²) in [5, 5.41) is 6.96. The molecule has 0 bridgehead atoms. The minimum Gasteiger partial charge on any atom is -0.366 e. The van der Waals surface area contributed by atoms with E-state index in [1.165, 1.54) is 0 Å². The van der Waals surface area contributed by atoms with Gasteiger partial charge in [0.15, 0.2) is 5.82 Å². The molecule has 3 atom stereocenters. The van der Waals surface area contributed by atoms with Crippen molar-refractivity contribution in [1.82, 2.24) is 20.1 Å². The summed E-state index contributed by atoms with van der Waals surface area (Å²) in [6.45, 7) is 3.56. The first-order valence-electron chi connectivity index (χ1n) is 7.68. The van der Waals surface area contributed by atoms with E-state index in [9.17, 15) is 4.79 Å². The third kappa shape index (κ3) is 3.24. The summed E-state index contributed by atoms with van der Waals surface area (Å²) in [4.78, 5) is 18.8. The fourth-order valence-electron chi connectivity index (χ4n) is 3.22. The van der Waals surface area contributed by atoms with E-state index in [0.717, 1.165) is 31.5 Å². The lowest BCUT2D eigenvalue weighted by molar-refractivity contribution is -0.144. The summed E-state index contributed by atoms with van der Waals surface area (Å²) < 4.78 is 5.70. The highest BCUT2D eigenvalue weighted by Crippen LogP contribution is 2.27. The number of nitrogens with zero attached hydrogens (tertiary/aromatic N) is 3. The van der Waals surface area contributed by atoms with Gasteiger partial charge >= 0.3 is 0 Å². The molecule has 116 valence electrons. The van der Waals surface area contributed by atoms with Crippen LogP contribution in [0.5, 0.6) is 0 Å². The van der Waals surface area contributed by atoms with E-state index in [-0.39, 0.29) is 24.0 Å². The maximum atomic E-state index is 12.6. The molecule has 3 N–H and O–H groups in total. The molecule has 2 heterocycles. The summed E-state index contributed by atoms with van der Waals surface area (Å²) in [7, 11) is 0. The predicted molar refractivity (Wildman–Crippen MR) is 76.3 cm³/mol. The van der Waals surface area contributed by atoms with Crippen LogP contribution in [0, 0.1) is 12.8 Å². The number of aromatic nitrogens is 3. The molecule has 1 aromatic heterocycles. The zero-order valence-corrected chi connectivity index (χ0v) is 12.4. The molecule has 7 nitrogen and oxygen atoms in total. The van der Waals surface area contributed by atoms with Crippen molar-refractivity contribution in [1.29, 1.82) is 0 Å². The van der Waals surface area contributed by atoms with Crippen LogP contribution in [0.25, 0.3) is 0 Å². The normalized spacial score (nSPS) is 30.4.